The number of nitrogens with one attached hydrogen (secondary N) is 1. The number of nitrogens with two attached hydrogens (primary N) is 1. The van der Waals surface area contributed by atoms with E-state index in [0.717, 1.165) is 23.2 Å². The van der Waals surface area contributed by atoms with Crippen LogP contribution in [0.3, 0.4) is 0 Å². The molecule has 1 aromatic heterocycles. The van der Waals surface area contributed by atoms with Gasteiger partial charge < -0.3 is 4.74 Å². The van der Waals surface area contributed by atoms with E-state index in [4.69, 9.17) is 10.6 Å². The zero-order valence-corrected chi connectivity index (χ0v) is 12.7. The third-order valence-corrected chi connectivity index (χ3v) is 5.47. The van der Waals surface area contributed by atoms with Gasteiger partial charge in [-0.3, -0.25) is 11.3 Å². The molecular weight excluding hydrogens is 324 g/mol. The van der Waals surface area contributed by atoms with Gasteiger partial charge in [0.05, 0.1) is 12.6 Å². The lowest BCUT2D eigenvalue weighted by molar-refractivity contribution is 0.247. The summed E-state index contributed by atoms with van der Waals surface area (Å²) in [5.41, 5.74) is 4.21. The molecule has 5 heteroatoms. The Morgan fingerprint density at radius 2 is 2.21 bits per heavy atom. The highest BCUT2D eigenvalue weighted by Crippen LogP contribution is 2.44. The molecule has 0 saturated heterocycles. The number of rotatable bonds is 3. The minimum absolute atomic E-state index is 0.111. The molecule has 2 heterocycles. The molecule has 1 aromatic carbocycles. The first-order chi connectivity index (χ1) is 9.31. The topological polar surface area (TPSA) is 47.3 Å². The molecule has 19 heavy (non-hydrogen) atoms. The van der Waals surface area contributed by atoms with Gasteiger partial charge in [-0.05, 0) is 45.4 Å². The van der Waals surface area contributed by atoms with Gasteiger partial charge in [0, 0.05) is 15.3 Å². The summed E-state index contributed by atoms with van der Waals surface area (Å²) in [4.78, 5) is 1.24. The second kappa shape index (κ2) is 5.63. The summed E-state index contributed by atoms with van der Waals surface area (Å²) < 4.78 is 6.83. The monoisotopic (exact) mass is 338 g/mol. The van der Waals surface area contributed by atoms with Gasteiger partial charge in [-0.25, -0.2) is 0 Å². The average molecular weight is 339 g/mol. The lowest BCUT2D eigenvalue weighted by Crippen LogP contribution is -2.34. The van der Waals surface area contributed by atoms with Crippen LogP contribution in [-0.2, 0) is 0 Å². The third-order valence-electron chi connectivity index (χ3n) is 3.51. The fraction of sp³-hybridized carbons (Fsp3) is 0.286. The molecule has 1 aliphatic heterocycles. The summed E-state index contributed by atoms with van der Waals surface area (Å²) in [5.74, 6) is 7.13. The summed E-state index contributed by atoms with van der Waals surface area (Å²) in [6, 6.07) is 10.4. The Kier molecular flexibility index (Phi) is 3.88. The van der Waals surface area contributed by atoms with E-state index in [9.17, 15) is 0 Å². The number of hydrazine groups is 1. The fourth-order valence-electron chi connectivity index (χ4n) is 2.62. The van der Waals surface area contributed by atoms with Crippen LogP contribution >= 0.6 is 27.3 Å². The Morgan fingerprint density at radius 3 is 2.95 bits per heavy atom. The molecule has 100 valence electrons. The zero-order chi connectivity index (χ0) is 13.2. The van der Waals surface area contributed by atoms with Gasteiger partial charge in [-0.15, -0.1) is 11.3 Å². The van der Waals surface area contributed by atoms with Crippen LogP contribution in [0.2, 0.25) is 0 Å². The van der Waals surface area contributed by atoms with Crippen molar-refractivity contribution < 1.29 is 4.74 Å². The number of hydrogen-bond donors (Lipinski definition) is 2. The van der Waals surface area contributed by atoms with Crippen molar-refractivity contribution in [1.82, 2.24) is 5.43 Å². The lowest BCUT2D eigenvalue weighted by atomic mass is 9.86. The normalized spacial score (nSPS) is 19.6. The maximum Gasteiger partial charge on any atom is 0.122 e. The Bertz CT molecular complexity index is 572. The molecule has 1 aliphatic rings. The summed E-state index contributed by atoms with van der Waals surface area (Å²) in [6.07, 6.45) is 0.968. The Hall–Kier alpha value is -0.880. The first-order valence-corrected chi connectivity index (χ1v) is 7.89. The van der Waals surface area contributed by atoms with Gasteiger partial charge in [0.25, 0.3) is 0 Å². The number of hydrogen-bond acceptors (Lipinski definition) is 4. The van der Waals surface area contributed by atoms with Crippen molar-refractivity contribution in [2.24, 2.45) is 5.84 Å². The molecule has 2 aromatic rings. The average Bonchev–Trinajstić information content (AvgIpc) is 2.86. The van der Waals surface area contributed by atoms with Crippen molar-refractivity contribution in [2.75, 3.05) is 6.61 Å². The zero-order valence-electron chi connectivity index (χ0n) is 10.3. The molecule has 0 aliphatic carbocycles. The highest BCUT2D eigenvalue weighted by molar-refractivity contribution is 9.10. The Balaban J connectivity index is 2.00. The van der Waals surface area contributed by atoms with E-state index in [1.807, 2.05) is 12.1 Å². The van der Waals surface area contributed by atoms with Crippen LogP contribution in [0.5, 0.6) is 5.75 Å². The highest BCUT2D eigenvalue weighted by Gasteiger charge is 2.30. The number of para-hydroxylation sites is 1. The quantitative estimate of drug-likeness (QED) is 0.664. The van der Waals surface area contributed by atoms with E-state index in [0.29, 0.717) is 5.92 Å². The second-order valence-electron chi connectivity index (χ2n) is 4.56. The van der Waals surface area contributed by atoms with Gasteiger partial charge in [0.15, 0.2) is 0 Å². The largest absolute Gasteiger partial charge is 0.493 e. The molecule has 3 rings (SSSR count). The van der Waals surface area contributed by atoms with Gasteiger partial charge in [-0.1, -0.05) is 18.2 Å². The van der Waals surface area contributed by atoms with E-state index < -0.39 is 0 Å². The van der Waals surface area contributed by atoms with Crippen molar-refractivity contribution in [3.8, 4) is 5.75 Å². The predicted octanol–water partition coefficient (Wildman–Crippen LogP) is 3.58. The molecule has 0 fully saturated rings. The molecule has 0 spiro atoms. The molecule has 2 atom stereocenters. The van der Waals surface area contributed by atoms with Crippen LogP contribution in [0.25, 0.3) is 0 Å². The molecule has 0 saturated carbocycles. The maximum atomic E-state index is 5.82. The predicted molar refractivity (Wildman–Crippen MR) is 81.4 cm³/mol. The summed E-state index contributed by atoms with van der Waals surface area (Å²) in [5, 5.41) is 2.08. The van der Waals surface area contributed by atoms with Crippen LogP contribution in [0.1, 0.15) is 28.8 Å². The van der Waals surface area contributed by atoms with Crippen LogP contribution in [0, 0.1) is 0 Å². The first kappa shape index (κ1) is 13.1. The van der Waals surface area contributed by atoms with Crippen LogP contribution < -0.4 is 16.0 Å². The van der Waals surface area contributed by atoms with E-state index in [1.165, 1.54) is 10.4 Å². The smallest absolute Gasteiger partial charge is 0.122 e. The Morgan fingerprint density at radius 1 is 1.37 bits per heavy atom. The highest BCUT2D eigenvalue weighted by atomic mass is 79.9. The van der Waals surface area contributed by atoms with Crippen molar-refractivity contribution in [3.63, 3.8) is 0 Å². The summed E-state index contributed by atoms with van der Waals surface area (Å²) in [7, 11) is 0. The van der Waals surface area contributed by atoms with Gasteiger partial charge in [0.2, 0.25) is 0 Å². The number of thiophene rings is 1. The van der Waals surface area contributed by atoms with E-state index in [1.54, 1.807) is 11.3 Å². The molecule has 2 unspecified atom stereocenters. The number of halogens is 1. The van der Waals surface area contributed by atoms with Crippen molar-refractivity contribution >= 4 is 27.3 Å². The van der Waals surface area contributed by atoms with Crippen LogP contribution in [0.4, 0.5) is 0 Å². The minimum atomic E-state index is 0.111. The number of benzene rings is 1. The van der Waals surface area contributed by atoms with Crippen molar-refractivity contribution in [2.45, 2.75) is 18.4 Å². The molecule has 0 bridgehead atoms. The van der Waals surface area contributed by atoms with E-state index in [-0.39, 0.29) is 6.04 Å². The molecule has 0 radical (unpaired) electrons. The SMILES string of the molecule is NNC(c1sccc1Br)C1CCOc2ccccc21. The second-order valence-corrected chi connectivity index (χ2v) is 6.36. The Labute approximate surface area is 124 Å². The van der Waals surface area contributed by atoms with Gasteiger partial charge in [-0.2, -0.15) is 0 Å². The number of fused-ring (bicyclic) bond motifs is 1. The summed E-state index contributed by atoms with van der Waals surface area (Å²) >= 11 is 5.32. The molecule has 0 amide bonds. The standard InChI is InChI=1S/C14H15BrN2OS/c15-11-6-8-19-14(11)13(17-16)10-5-7-18-12-4-2-1-3-9(10)12/h1-4,6,8,10,13,17H,5,7,16H2. The molecular formula is C14H15BrN2OS. The maximum absolute atomic E-state index is 5.82. The van der Waals surface area contributed by atoms with Gasteiger partial charge >= 0.3 is 0 Å². The number of ether oxygens (including phenoxy) is 1. The molecule has 3 N–H and O–H groups in total. The van der Waals surface area contributed by atoms with Crippen molar-refractivity contribution in [1.29, 1.82) is 0 Å². The van der Waals surface area contributed by atoms with Crippen LogP contribution in [0.15, 0.2) is 40.2 Å². The third kappa shape index (κ3) is 2.43. The van der Waals surface area contributed by atoms with Gasteiger partial charge in [0.1, 0.15) is 5.75 Å². The van der Waals surface area contributed by atoms with Crippen molar-refractivity contribution in [3.05, 3.63) is 50.6 Å². The first-order valence-electron chi connectivity index (χ1n) is 6.22. The fourth-order valence-corrected chi connectivity index (χ4v) is 4.36. The summed E-state index contributed by atoms with van der Waals surface area (Å²) in [6.45, 7) is 0.739. The van der Waals surface area contributed by atoms with Crippen LogP contribution in [-0.4, -0.2) is 6.61 Å². The molecule has 3 nitrogen and oxygen atoms in total. The minimum Gasteiger partial charge on any atom is -0.493 e. The van der Waals surface area contributed by atoms with E-state index in [2.05, 4.69) is 44.9 Å². The van der Waals surface area contributed by atoms with E-state index >= 15 is 0 Å². The lowest BCUT2D eigenvalue weighted by Gasteiger charge is -2.31.